The van der Waals surface area contributed by atoms with Crippen molar-refractivity contribution in [2.45, 2.75) is 6.61 Å². The molecule has 4 rings (SSSR count). The SMILES string of the molecule is N#C/C(=C/c1cc(Br)c(OCc2ccc(F)cc2)c(Br)c1)c1cccc2ccccc12. The molecule has 2 nitrogen and oxygen atoms in total. The molecule has 0 amide bonds. The van der Waals surface area contributed by atoms with Gasteiger partial charge in [-0.25, -0.2) is 4.39 Å². The Labute approximate surface area is 196 Å². The first-order chi connectivity index (χ1) is 15.0. The van der Waals surface area contributed by atoms with Gasteiger partial charge in [-0.1, -0.05) is 54.6 Å². The lowest BCUT2D eigenvalue weighted by Gasteiger charge is -2.12. The summed E-state index contributed by atoms with van der Waals surface area (Å²) >= 11 is 7.13. The highest BCUT2D eigenvalue weighted by Gasteiger charge is 2.11. The monoisotopic (exact) mass is 535 g/mol. The Kier molecular flexibility index (Phi) is 6.50. The molecule has 0 aliphatic rings. The second-order valence-electron chi connectivity index (χ2n) is 6.93. The van der Waals surface area contributed by atoms with E-state index >= 15 is 0 Å². The van der Waals surface area contributed by atoms with E-state index in [-0.39, 0.29) is 5.82 Å². The summed E-state index contributed by atoms with van der Waals surface area (Å²) in [4.78, 5) is 0. The molecule has 0 saturated heterocycles. The molecule has 0 bridgehead atoms. The molecular formula is C26H16Br2FNO. The fourth-order valence-electron chi connectivity index (χ4n) is 3.33. The van der Waals surface area contributed by atoms with Crippen molar-refractivity contribution in [3.63, 3.8) is 0 Å². The number of rotatable bonds is 5. The number of nitrogens with zero attached hydrogens (tertiary/aromatic N) is 1. The summed E-state index contributed by atoms with van der Waals surface area (Å²) in [5, 5.41) is 12.0. The lowest BCUT2D eigenvalue weighted by Crippen LogP contribution is -1.97. The highest BCUT2D eigenvalue weighted by molar-refractivity contribution is 9.11. The third-order valence-corrected chi connectivity index (χ3v) is 6.01. The van der Waals surface area contributed by atoms with Gasteiger partial charge in [0.15, 0.2) is 0 Å². The van der Waals surface area contributed by atoms with Crippen LogP contribution in [0.3, 0.4) is 0 Å². The van der Waals surface area contributed by atoms with Crippen LogP contribution >= 0.6 is 31.9 Å². The molecule has 0 heterocycles. The largest absolute Gasteiger partial charge is 0.487 e. The zero-order chi connectivity index (χ0) is 21.8. The third-order valence-electron chi connectivity index (χ3n) is 4.83. The molecule has 0 fully saturated rings. The van der Waals surface area contributed by atoms with Gasteiger partial charge in [-0.3, -0.25) is 0 Å². The van der Waals surface area contributed by atoms with Crippen LogP contribution in [0.5, 0.6) is 5.75 Å². The number of nitriles is 1. The normalized spacial score (nSPS) is 11.4. The van der Waals surface area contributed by atoms with Gasteiger partial charge >= 0.3 is 0 Å². The molecule has 0 radical (unpaired) electrons. The second-order valence-corrected chi connectivity index (χ2v) is 8.63. The quantitative estimate of drug-likeness (QED) is 0.190. The van der Waals surface area contributed by atoms with E-state index in [1.54, 1.807) is 12.1 Å². The Morgan fingerprint density at radius 3 is 2.32 bits per heavy atom. The minimum atomic E-state index is -0.276. The van der Waals surface area contributed by atoms with Gasteiger partial charge in [-0.15, -0.1) is 0 Å². The molecular weight excluding hydrogens is 521 g/mol. The van der Waals surface area contributed by atoms with Crippen LogP contribution in [0.2, 0.25) is 0 Å². The summed E-state index contributed by atoms with van der Waals surface area (Å²) in [6.45, 7) is 0.312. The van der Waals surface area contributed by atoms with E-state index in [1.807, 2.05) is 60.7 Å². The molecule has 0 spiro atoms. The van der Waals surface area contributed by atoms with Crippen LogP contribution in [-0.2, 0) is 6.61 Å². The summed E-state index contributed by atoms with van der Waals surface area (Å²) in [5.41, 5.74) is 3.20. The number of hydrogen-bond acceptors (Lipinski definition) is 2. The first-order valence-electron chi connectivity index (χ1n) is 9.51. The summed E-state index contributed by atoms with van der Waals surface area (Å²) in [5.74, 6) is 0.367. The molecule has 0 aliphatic heterocycles. The van der Waals surface area contributed by atoms with E-state index < -0.39 is 0 Å². The van der Waals surface area contributed by atoms with Crippen LogP contribution in [0.4, 0.5) is 4.39 Å². The van der Waals surface area contributed by atoms with Gasteiger partial charge < -0.3 is 4.74 Å². The van der Waals surface area contributed by atoms with E-state index in [0.29, 0.717) is 17.9 Å². The number of allylic oxidation sites excluding steroid dienone is 1. The van der Waals surface area contributed by atoms with Crippen molar-refractivity contribution in [2.24, 2.45) is 0 Å². The van der Waals surface area contributed by atoms with Gasteiger partial charge in [0.25, 0.3) is 0 Å². The smallest absolute Gasteiger partial charge is 0.148 e. The first-order valence-corrected chi connectivity index (χ1v) is 11.1. The average Bonchev–Trinajstić information content (AvgIpc) is 2.78. The molecule has 152 valence electrons. The zero-order valence-corrected chi connectivity index (χ0v) is 19.5. The zero-order valence-electron chi connectivity index (χ0n) is 16.3. The van der Waals surface area contributed by atoms with Gasteiger partial charge in [0.05, 0.1) is 20.6 Å². The fourth-order valence-corrected chi connectivity index (χ4v) is 4.78. The number of hydrogen-bond donors (Lipinski definition) is 0. The maximum Gasteiger partial charge on any atom is 0.148 e. The maximum absolute atomic E-state index is 13.1. The fraction of sp³-hybridized carbons (Fsp3) is 0.0385. The number of halogens is 3. The van der Waals surface area contributed by atoms with Crippen molar-refractivity contribution in [3.05, 3.63) is 110 Å². The van der Waals surface area contributed by atoms with Crippen molar-refractivity contribution in [1.29, 1.82) is 5.26 Å². The van der Waals surface area contributed by atoms with E-state index in [9.17, 15) is 9.65 Å². The van der Waals surface area contributed by atoms with Crippen molar-refractivity contribution >= 4 is 54.3 Å². The predicted molar refractivity (Wildman–Crippen MR) is 130 cm³/mol. The van der Waals surface area contributed by atoms with Gasteiger partial charge in [-0.2, -0.15) is 5.26 Å². The van der Waals surface area contributed by atoms with Gasteiger partial charge in [0.2, 0.25) is 0 Å². The Bertz CT molecular complexity index is 1300. The molecule has 0 aliphatic carbocycles. The van der Waals surface area contributed by atoms with Crippen LogP contribution in [0.1, 0.15) is 16.7 Å². The van der Waals surface area contributed by atoms with E-state index in [2.05, 4.69) is 37.9 Å². The Morgan fingerprint density at radius 1 is 0.935 bits per heavy atom. The number of ether oxygens (including phenoxy) is 1. The van der Waals surface area contributed by atoms with Crippen molar-refractivity contribution < 1.29 is 9.13 Å². The molecule has 4 aromatic rings. The minimum Gasteiger partial charge on any atom is -0.487 e. The van der Waals surface area contributed by atoms with Gasteiger partial charge in [-0.05, 0) is 84.1 Å². The molecule has 0 unspecified atom stereocenters. The van der Waals surface area contributed by atoms with E-state index in [4.69, 9.17) is 4.74 Å². The lowest BCUT2D eigenvalue weighted by molar-refractivity contribution is 0.302. The van der Waals surface area contributed by atoms with Crippen LogP contribution in [-0.4, -0.2) is 0 Å². The molecule has 0 aromatic heterocycles. The first kappa shape index (κ1) is 21.3. The topological polar surface area (TPSA) is 33.0 Å². The van der Waals surface area contributed by atoms with Crippen LogP contribution < -0.4 is 4.74 Å². The van der Waals surface area contributed by atoms with E-state index in [0.717, 1.165) is 36.4 Å². The molecule has 0 N–H and O–H groups in total. The van der Waals surface area contributed by atoms with Crippen LogP contribution in [0.15, 0.2) is 87.8 Å². The lowest BCUT2D eigenvalue weighted by atomic mass is 9.97. The Morgan fingerprint density at radius 2 is 1.61 bits per heavy atom. The highest BCUT2D eigenvalue weighted by atomic mass is 79.9. The average molecular weight is 537 g/mol. The molecule has 5 heteroatoms. The number of fused-ring (bicyclic) bond motifs is 1. The van der Waals surface area contributed by atoms with Gasteiger partial charge in [0, 0.05) is 5.56 Å². The van der Waals surface area contributed by atoms with Crippen molar-refractivity contribution in [2.75, 3.05) is 0 Å². The maximum atomic E-state index is 13.1. The summed E-state index contributed by atoms with van der Waals surface area (Å²) in [6.07, 6.45) is 1.86. The van der Waals surface area contributed by atoms with Crippen molar-refractivity contribution in [3.8, 4) is 11.8 Å². The Balaban J connectivity index is 1.64. The standard InChI is InChI=1S/C26H16Br2FNO/c27-24-13-18(14-25(28)26(24)31-16-17-8-10-21(29)11-9-17)12-20(15-30)23-7-3-5-19-4-1-2-6-22(19)23/h1-14H,16H2/b20-12-. The number of benzene rings is 4. The third kappa shape index (κ3) is 4.87. The molecule has 4 aromatic carbocycles. The highest BCUT2D eigenvalue weighted by Crippen LogP contribution is 2.37. The molecule has 31 heavy (non-hydrogen) atoms. The Hall–Kier alpha value is -2.94. The summed E-state index contributed by atoms with van der Waals surface area (Å²) < 4.78 is 20.5. The summed E-state index contributed by atoms with van der Waals surface area (Å²) in [7, 11) is 0. The van der Waals surface area contributed by atoms with Crippen molar-refractivity contribution in [1.82, 2.24) is 0 Å². The van der Waals surface area contributed by atoms with Crippen LogP contribution in [0.25, 0.3) is 22.4 Å². The molecule has 0 atom stereocenters. The van der Waals surface area contributed by atoms with Gasteiger partial charge in [0.1, 0.15) is 18.2 Å². The second kappa shape index (κ2) is 9.47. The van der Waals surface area contributed by atoms with E-state index in [1.165, 1.54) is 12.1 Å². The predicted octanol–water partition coefficient (Wildman–Crippen LogP) is 8.15. The van der Waals surface area contributed by atoms with Crippen LogP contribution in [0, 0.1) is 17.1 Å². The minimum absolute atomic E-state index is 0.276. The molecule has 0 saturated carbocycles. The summed E-state index contributed by atoms with van der Waals surface area (Å²) in [6, 6.07) is 26.3.